The van der Waals surface area contributed by atoms with Crippen molar-refractivity contribution >= 4 is 21.5 Å². The Labute approximate surface area is 140 Å². The van der Waals surface area contributed by atoms with Crippen LogP contribution in [0.1, 0.15) is 11.1 Å². The van der Waals surface area contributed by atoms with Crippen LogP contribution in [0.15, 0.2) is 60.7 Å². The molecule has 2 N–H and O–H groups in total. The number of rotatable bonds is 1. The summed E-state index contributed by atoms with van der Waals surface area (Å²) in [5, 5.41) is 25.1. The number of phenolic OH excluding ortho intramolecular Hbond substituents is 2. The minimum Gasteiger partial charge on any atom is -0.507 e. The second-order valence-corrected chi connectivity index (χ2v) is 6.37. The first-order chi connectivity index (χ1) is 11.5. The van der Waals surface area contributed by atoms with Crippen molar-refractivity contribution in [2.45, 2.75) is 13.8 Å². The van der Waals surface area contributed by atoms with Gasteiger partial charge in [0.05, 0.1) is 0 Å². The molecule has 24 heavy (non-hydrogen) atoms. The fourth-order valence-electron chi connectivity index (χ4n) is 3.40. The molecule has 0 heterocycles. The largest absolute Gasteiger partial charge is 0.507 e. The van der Waals surface area contributed by atoms with Gasteiger partial charge in [0.15, 0.2) is 0 Å². The Morgan fingerprint density at radius 2 is 0.958 bits per heavy atom. The summed E-state index contributed by atoms with van der Waals surface area (Å²) in [7, 11) is 0. The van der Waals surface area contributed by atoms with E-state index in [0.29, 0.717) is 11.1 Å². The molecule has 0 fully saturated rings. The summed E-state index contributed by atoms with van der Waals surface area (Å²) in [6.45, 7) is 4.09. The Kier molecular flexibility index (Phi) is 3.20. The van der Waals surface area contributed by atoms with Crippen LogP contribution in [0.5, 0.6) is 11.5 Å². The summed E-state index contributed by atoms with van der Waals surface area (Å²) >= 11 is 0. The number of benzene rings is 4. The van der Waals surface area contributed by atoms with Gasteiger partial charge in [-0.25, -0.2) is 0 Å². The van der Waals surface area contributed by atoms with E-state index in [0.717, 1.165) is 32.7 Å². The molecule has 0 saturated heterocycles. The zero-order valence-electron chi connectivity index (χ0n) is 13.7. The molecule has 2 heteroatoms. The summed E-state index contributed by atoms with van der Waals surface area (Å²) in [6.07, 6.45) is 0. The van der Waals surface area contributed by atoms with Crippen molar-refractivity contribution in [2.24, 2.45) is 0 Å². The lowest BCUT2D eigenvalue weighted by molar-refractivity contribution is 0.470. The Hall–Kier alpha value is -3.00. The average Bonchev–Trinajstić information content (AvgIpc) is 2.56. The summed E-state index contributed by atoms with van der Waals surface area (Å²) < 4.78 is 0. The number of aryl methyl sites for hydroxylation is 2. The Balaban J connectivity index is 2.17. The van der Waals surface area contributed by atoms with Crippen LogP contribution in [0.2, 0.25) is 0 Å². The molecular weight excluding hydrogens is 296 g/mol. The minimum absolute atomic E-state index is 0.176. The number of aromatic hydroxyl groups is 2. The predicted octanol–water partition coefficient (Wildman–Crippen LogP) is 5.69. The van der Waals surface area contributed by atoms with Crippen LogP contribution in [-0.4, -0.2) is 10.2 Å². The molecule has 2 nitrogen and oxygen atoms in total. The van der Waals surface area contributed by atoms with Crippen molar-refractivity contribution in [2.75, 3.05) is 0 Å². The van der Waals surface area contributed by atoms with Crippen molar-refractivity contribution in [3.05, 3.63) is 71.8 Å². The van der Waals surface area contributed by atoms with Crippen molar-refractivity contribution < 1.29 is 10.2 Å². The van der Waals surface area contributed by atoms with Crippen LogP contribution in [-0.2, 0) is 0 Å². The molecule has 4 aromatic carbocycles. The SMILES string of the molecule is Cc1ccc2c(-c3c(O)ccc4cc(C)ccc34)c(O)ccc2c1. The highest BCUT2D eigenvalue weighted by molar-refractivity contribution is 6.09. The average molecular weight is 314 g/mol. The second-order valence-electron chi connectivity index (χ2n) is 6.37. The Morgan fingerprint density at radius 3 is 1.38 bits per heavy atom. The molecule has 0 aromatic heterocycles. The highest BCUT2D eigenvalue weighted by Crippen LogP contribution is 2.44. The molecular formula is C22H18O2. The summed E-state index contributed by atoms with van der Waals surface area (Å²) in [4.78, 5) is 0. The third-order valence-corrected chi connectivity index (χ3v) is 4.56. The Bertz CT molecular complexity index is 1000. The van der Waals surface area contributed by atoms with Gasteiger partial charge in [0.2, 0.25) is 0 Å². The molecule has 118 valence electrons. The van der Waals surface area contributed by atoms with Gasteiger partial charge < -0.3 is 10.2 Å². The number of phenols is 2. The molecule has 0 atom stereocenters. The van der Waals surface area contributed by atoms with Gasteiger partial charge in [0.25, 0.3) is 0 Å². The molecule has 0 spiro atoms. The third kappa shape index (κ3) is 2.19. The van der Waals surface area contributed by atoms with Crippen LogP contribution in [0.25, 0.3) is 32.7 Å². The molecule has 0 bridgehead atoms. The van der Waals surface area contributed by atoms with Crippen LogP contribution in [0, 0.1) is 13.8 Å². The summed E-state index contributed by atoms with van der Waals surface area (Å²) in [6, 6.07) is 19.5. The highest BCUT2D eigenvalue weighted by atomic mass is 16.3. The number of hydrogen-bond acceptors (Lipinski definition) is 2. The molecule has 0 aliphatic rings. The quantitative estimate of drug-likeness (QED) is 0.474. The second kappa shape index (κ2) is 5.27. The molecule has 0 aliphatic carbocycles. The monoisotopic (exact) mass is 314 g/mol. The predicted molar refractivity (Wildman–Crippen MR) is 99.7 cm³/mol. The fraction of sp³-hybridized carbons (Fsp3) is 0.0909. The lowest BCUT2D eigenvalue weighted by Crippen LogP contribution is -1.88. The van der Waals surface area contributed by atoms with E-state index in [9.17, 15) is 10.2 Å². The van der Waals surface area contributed by atoms with Gasteiger partial charge in [0.1, 0.15) is 11.5 Å². The summed E-state index contributed by atoms with van der Waals surface area (Å²) in [5.74, 6) is 0.351. The fourth-order valence-corrected chi connectivity index (χ4v) is 3.40. The first-order valence-corrected chi connectivity index (χ1v) is 7.99. The van der Waals surface area contributed by atoms with E-state index in [2.05, 4.69) is 12.1 Å². The first kappa shape index (κ1) is 14.6. The molecule has 0 amide bonds. The minimum atomic E-state index is 0.176. The molecule has 0 saturated carbocycles. The van der Waals surface area contributed by atoms with Crippen molar-refractivity contribution in [3.63, 3.8) is 0 Å². The van der Waals surface area contributed by atoms with Gasteiger partial charge >= 0.3 is 0 Å². The van der Waals surface area contributed by atoms with E-state index < -0.39 is 0 Å². The van der Waals surface area contributed by atoms with E-state index in [1.165, 1.54) is 0 Å². The van der Waals surface area contributed by atoms with E-state index in [-0.39, 0.29) is 11.5 Å². The molecule has 0 aliphatic heterocycles. The standard InChI is InChI=1S/C22H18O2/c1-13-3-7-17-15(11-13)5-9-19(23)21(17)22-18-8-4-14(2)12-16(18)6-10-20(22)24/h3-12,23-24H,1-2H3. The lowest BCUT2D eigenvalue weighted by atomic mass is 9.91. The normalized spacial score (nSPS) is 11.2. The van der Waals surface area contributed by atoms with Crippen LogP contribution >= 0.6 is 0 Å². The lowest BCUT2D eigenvalue weighted by Gasteiger charge is -2.14. The van der Waals surface area contributed by atoms with E-state index in [1.54, 1.807) is 12.1 Å². The zero-order chi connectivity index (χ0) is 16.8. The van der Waals surface area contributed by atoms with Gasteiger partial charge in [-0.05, 0) is 47.5 Å². The third-order valence-electron chi connectivity index (χ3n) is 4.56. The van der Waals surface area contributed by atoms with Gasteiger partial charge in [-0.2, -0.15) is 0 Å². The van der Waals surface area contributed by atoms with Gasteiger partial charge in [-0.1, -0.05) is 59.7 Å². The van der Waals surface area contributed by atoms with Gasteiger partial charge in [0, 0.05) is 11.1 Å². The molecule has 4 rings (SSSR count). The van der Waals surface area contributed by atoms with Gasteiger partial charge in [-0.15, -0.1) is 0 Å². The van der Waals surface area contributed by atoms with Crippen molar-refractivity contribution in [1.29, 1.82) is 0 Å². The molecule has 0 unspecified atom stereocenters. The number of fused-ring (bicyclic) bond motifs is 2. The van der Waals surface area contributed by atoms with Crippen LogP contribution < -0.4 is 0 Å². The first-order valence-electron chi connectivity index (χ1n) is 7.99. The van der Waals surface area contributed by atoms with Crippen LogP contribution in [0.4, 0.5) is 0 Å². The topological polar surface area (TPSA) is 40.5 Å². The highest BCUT2D eigenvalue weighted by Gasteiger charge is 2.16. The maximum Gasteiger partial charge on any atom is 0.124 e. The summed E-state index contributed by atoms with van der Waals surface area (Å²) in [5.41, 5.74) is 3.69. The smallest absolute Gasteiger partial charge is 0.124 e. The maximum atomic E-state index is 10.6. The zero-order valence-corrected chi connectivity index (χ0v) is 13.7. The van der Waals surface area contributed by atoms with Crippen molar-refractivity contribution in [1.82, 2.24) is 0 Å². The number of hydrogen-bond donors (Lipinski definition) is 2. The Morgan fingerprint density at radius 1 is 0.542 bits per heavy atom. The van der Waals surface area contributed by atoms with Crippen LogP contribution in [0.3, 0.4) is 0 Å². The maximum absolute atomic E-state index is 10.6. The van der Waals surface area contributed by atoms with E-state index in [1.807, 2.05) is 50.2 Å². The van der Waals surface area contributed by atoms with E-state index in [4.69, 9.17) is 0 Å². The van der Waals surface area contributed by atoms with E-state index >= 15 is 0 Å². The van der Waals surface area contributed by atoms with Crippen molar-refractivity contribution in [3.8, 4) is 22.6 Å². The molecule has 4 aromatic rings. The van der Waals surface area contributed by atoms with Gasteiger partial charge in [-0.3, -0.25) is 0 Å². The molecule has 0 radical (unpaired) electrons.